The smallest absolute Gasteiger partial charge is 0.122 e. The highest BCUT2D eigenvalue weighted by Gasteiger charge is 1.97. The molecule has 3 nitrogen and oxygen atoms in total. The molecular weight excluding hydrogens is 280 g/mol. The number of hydrogen-bond acceptors (Lipinski definition) is 4. The number of nitrogens with one attached hydrogen (secondary N) is 1. The fourth-order valence-electron chi connectivity index (χ4n) is 1.52. The maximum absolute atomic E-state index is 8.42. The Morgan fingerprint density at radius 2 is 2.00 bits per heavy atom. The minimum atomic E-state index is 0. The molecule has 2 aromatic rings. The number of nitriles is 1. The molecule has 1 heterocycles. The Morgan fingerprint density at radius 3 is 2.63 bits per heavy atom. The summed E-state index contributed by atoms with van der Waals surface area (Å²) in [6.07, 6.45) is 0. The van der Waals surface area contributed by atoms with Crippen molar-refractivity contribution in [3.05, 3.63) is 52.2 Å². The van der Waals surface area contributed by atoms with Gasteiger partial charge in [-0.2, -0.15) is 5.26 Å². The van der Waals surface area contributed by atoms with Crippen molar-refractivity contribution in [2.24, 2.45) is 0 Å². The molecular formula is C14H15ClN2OS. The van der Waals surface area contributed by atoms with Gasteiger partial charge in [0.05, 0.1) is 12.6 Å². The highest BCUT2D eigenvalue weighted by atomic mass is 35.5. The van der Waals surface area contributed by atoms with Crippen LogP contribution in [0, 0.1) is 11.3 Å². The lowest BCUT2D eigenvalue weighted by Gasteiger charge is -2.06. The molecule has 0 bridgehead atoms. The van der Waals surface area contributed by atoms with Gasteiger partial charge in [-0.05, 0) is 29.1 Å². The molecule has 0 atom stereocenters. The fourth-order valence-corrected chi connectivity index (χ4v) is 2.13. The Kier molecular flexibility index (Phi) is 6.98. The van der Waals surface area contributed by atoms with Crippen LogP contribution < -0.4 is 10.1 Å². The third-order valence-corrected chi connectivity index (χ3v) is 3.27. The van der Waals surface area contributed by atoms with Crippen LogP contribution in [-0.2, 0) is 13.2 Å². The summed E-state index contributed by atoms with van der Waals surface area (Å²) >= 11 is 1.69. The van der Waals surface area contributed by atoms with Crippen molar-refractivity contribution in [2.45, 2.75) is 13.2 Å². The van der Waals surface area contributed by atoms with Gasteiger partial charge in [0.25, 0.3) is 0 Å². The zero-order valence-electron chi connectivity index (χ0n) is 10.3. The first-order valence-electron chi connectivity index (χ1n) is 5.70. The van der Waals surface area contributed by atoms with Gasteiger partial charge in [0, 0.05) is 11.4 Å². The lowest BCUT2D eigenvalue weighted by atomic mass is 10.2. The van der Waals surface area contributed by atoms with Gasteiger partial charge >= 0.3 is 0 Å². The SMILES string of the molecule is Cl.N#CCNCc1ccc(OCc2cccs2)cc1. The van der Waals surface area contributed by atoms with E-state index in [-0.39, 0.29) is 12.4 Å². The highest BCUT2D eigenvalue weighted by Crippen LogP contribution is 2.16. The zero-order chi connectivity index (χ0) is 12.6. The first-order chi connectivity index (χ1) is 8.88. The minimum Gasteiger partial charge on any atom is -0.488 e. The predicted octanol–water partition coefficient (Wildman–Crippen LogP) is 3.36. The number of hydrogen-bond donors (Lipinski definition) is 1. The van der Waals surface area contributed by atoms with Crippen LogP contribution in [0.25, 0.3) is 0 Å². The van der Waals surface area contributed by atoms with Crippen LogP contribution in [-0.4, -0.2) is 6.54 Å². The Hall–Kier alpha value is -1.54. The maximum Gasteiger partial charge on any atom is 0.122 e. The molecule has 100 valence electrons. The van der Waals surface area contributed by atoms with Gasteiger partial charge in [-0.3, -0.25) is 0 Å². The lowest BCUT2D eigenvalue weighted by molar-refractivity contribution is 0.309. The fraction of sp³-hybridized carbons (Fsp3) is 0.214. The van der Waals surface area contributed by atoms with Crippen LogP contribution >= 0.6 is 23.7 Å². The molecule has 0 unspecified atom stereocenters. The van der Waals surface area contributed by atoms with Crippen LogP contribution in [0.3, 0.4) is 0 Å². The third-order valence-electron chi connectivity index (χ3n) is 2.42. The van der Waals surface area contributed by atoms with Crippen molar-refractivity contribution >= 4 is 23.7 Å². The van der Waals surface area contributed by atoms with Crippen molar-refractivity contribution in [3.8, 4) is 11.8 Å². The monoisotopic (exact) mass is 294 g/mol. The predicted molar refractivity (Wildman–Crippen MR) is 79.7 cm³/mol. The number of halogens is 1. The summed E-state index contributed by atoms with van der Waals surface area (Å²) in [6.45, 7) is 1.69. The molecule has 1 aromatic carbocycles. The van der Waals surface area contributed by atoms with Crippen molar-refractivity contribution in [1.29, 1.82) is 5.26 Å². The molecule has 2 rings (SSSR count). The van der Waals surface area contributed by atoms with Crippen LogP contribution in [0.15, 0.2) is 41.8 Å². The molecule has 0 saturated heterocycles. The van der Waals surface area contributed by atoms with Crippen LogP contribution in [0.4, 0.5) is 0 Å². The number of nitrogens with zero attached hydrogens (tertiary/aromatic N) is 1. The van der Waals surface area contributed by atoms with E-state index in [2.05, 4.69) is 17.5 Å². The molecule has 0 spiro atoms. The van der Waals surface area contributed by atoms with E-state index in [1.807, 2.05) is 35.7 Å². The average molecular weight is 295 g/mol. The standard InChI is InChI=1S/C14H14N2OS.ClH/c15-7-8-16-10-12-3-5-13(6-4-12)17-11-14-2-1-9-18-14;/h1-6,9,16H,8,10-11H2;1H. The van der Waals surface area contributed by atoms with E-state index in [0.717, 1.165) is 11.3 Å². The van der Waals surface area contributed by atoms with Crippen molar-refractivity contribution in [2.75, 3.05) is 6.54 Å². The summed E-state index contributed by atoms with van der Waals surface area (Å²) in [5.41, 5.74) is 1.15. The van der Waals surface area contributed by atoms with Gasteiger partial charge in [0.2, 0.25) is 0 Å². The quantitative estimate of drug-likeness (QED) is 0.656. The molecule has 0 amide bonds. The number of benzene rings is 1. The van der Waals surface area contributed by atoms with Gasteiger partial charge in [-0.25, -0.2) is 0 Å². The number of thiophene rings is 1. The molecule has 0 radical (unpaired) electrons. The summed E-state index contributed by atoms with van der Waals surface area (Å²) in [5, 5.41) is 13.5. The van der Waals surface area contributed by atoms with E-state index in [9.17, 15) is 0 Å². The summed E-state index contributed by atoms with van der Waals surface area (Å²) in [7, 11) is 0. The summed E-state index contributed by atoms with van der Waals surface area (Å²) in [4.78, 5) is 1.22. The Labute approximate surface area is 123 Å². The number of ether oxygens (including phenoxy) is 1. The van der Waals surface area contributed by atoms with Gasteiger partial charge < -0.3 is 10.1 Å². The van der Waals surface area contributed by atoms with Crippen molar-refractivity contribution in [1.82, 2.24) is 5.32 Å². The van der Waals surface area contributed by atoms with E-state index in [1.165, 1.54) is 4.88 Å². The molecule has 0 saturated carbocycles. The molecule has 0 aliphatic rings. The van der Waals surface area contributed by atoms with E-state index < -0.39 is 0 Å². The third kappa shape index (κ3) is 5.31. The molecule has 19 heavy (non-hydrogen) atoms. The molecule has 1 N–H and O–H groups in total. The second-order valence-corrected chi connectivity index (χ2v) is 4.81. The number of rotatable bonds is 6. The first kappa shape index (κ1) is 15.5. The van der Waals surface area contributed by atoms with Gasteiger partial charge in [-0.15, -0.1) is 23.7 Å². The Morgan fingerprint density at radius 1 is 1.21 bits per heavy atom. The first-order valence-corrected chi connectivity index (χ1v) is 6.58. The van der Waals surface area contributed by atoms with E-state index in [1.54, 1.807) is 11.3 Å². The van der Waals surface area contributed by atoms with Crippen molar-refractivity contribution < 1.29 is 4.74 Å². The van der Waals surface area contributed by atoms with Gasteiger partial charge in [0.1, 0.15) is 12.4 Å². The van der Waals surface area contributed by atoms with Crippen LogP contribution in [0.5, 0.6) is 5.75 Å². The zero-order valence-corrected chi connectivity index (χ0v) is 12.0. The lowest BCUT2D eigenvalue weighted by Crippen LogP contribution is -2.12. The van der Waals surface area contributed by atoms with Gasteiger partial charge in [-0.1, -0.05) is 18.2 Å². The summed E-state index contributed by atoms with van der Waals surface area (Å²) < 4.78 is 5.67. The second-order valence-electron chi connectivity index (χ2n) is 3.77. The molecule has 5 heteroatoms. The minimum absolute atomic E-state index is 0. The summed E-state index contributed by atoms with van der Waals surface area (Å²) in [5.74, 6) is 0.868. The van der Waals surface area contributed by atoms with Gasteiger partial charge in [0.15, 0.2) is 0 Å². The molecule has 0 fully saturated rings. The Balaban J connectivity index is 0.00000180. The average Bonchev–Trinajstić information content (AvgIpc) is 2.91. The van der Waals surface area contributed by atoms with Crippen LogP contribution in [0.2, 0.25) is 0 Å². The van der Waals surface area contributed by atoms with Crippen LogP contribution in [0.1, 0.15) is 10.4 Å². The van der Waals surface area contributed by atoms with E-state index in [4.69, 9.17) is 10.00 Å². The summed E-state index contributed by atoms with van der Waals surface area (Å²) in [6, 6.07) is 14.1. The largest absolute Gasteiger partial charge is 0.488 e. The molecule has 1 aromatic heterocycles. The molecule has 0 aliphatic heterocycles. The van der Waals surface area contributed by atoms with E-state index >= 15 is 0 Å². The highest BCUT2D eigenvalue weighted by molar-refractivity contribution is 7.09. The maximum atomic E-state index is 8.42. The second kappa shape index (κ2) is 8.54. The normalized spacial score (nSPS) is 9.42. The molecule has 0 aliphatic carbocycles. The van der Waals surface area contributed by atoms with Crippen molar-refractivity contribution in [3.63, 3.8) is 0 Å². The Bertz CT molecular complexity index is 505. The van der Waals surface area contributed by atoms with E-state index in [0.29, 0.717) is 19.7 Å². The topological polar surface area (TPSA) is 45.0 Å².